The largest absolute Gasteiger partial charge is 3.00 e. The molecule has 0 aliphatic carbocycles. The second-order valence-electron chi connectivity index (χ2n) is 2.16. The molecule has 6 heteroatoms. The third-order valence-electron chi connectivity index (χ3n) is 0.348. The smallest absolute Gasteiger partial charge is 0.668 e. The zero-order valence-electron chi connectivity index (χ0n) is 11.0. The van der Waals surface area contributed by atoms with Crippen LogP contribution in [0.3, 0.4) is 0 Å². The van der Waals surface area contributed by atoms with Crippen LogP contribution in [0.5, 0.6) is 0 Å². The number of primary amides is 1. The third-order valence-corrected chi connectivity index (χ3v) is 0.348. The minimum atomic E-state index is -0.245. The van der Waals surface area contributed by atoms with Crippen molar-refractivity contribution in [2.45, 2.75) is 13.3 Å². The summed E-state index contributed by atoms with van der Waals surface area (Å²) in [6.07, 6.45) is 0.444. The summed E-state index contributed by atoms with van der Waals surface area (Å²) < 4.78 is 0. The summed E-state index contributed by atoms with van der Waals surface area (Å²) in [5, 5.41) is 10.5. The van der Waals surface area contributed by atoms with Crippen LogP contribution in [-0.4, -0.2) is 48.2 Å². The van der Waals surface area contributed by atoms with Gasteiger partial charge in [0.25, 0.3) is 0 Å². The van der Waals surface area contributed by atoms with Crippen molar-refractivity contribution in [1.82, 2.24) is 0 Å². The number of hydrogen-bond acceptors (Lipinski definition) is 1. The van der Waals surface area contributed by atoms with Crippen LogP contribution < -0.4 is 5.73 Å². The van der Waals surface area contributed by atoms with Crippen molar-refractivity contribution in [3.8, 4) is 0 Å². The first-order valence-corrected chi connectivity index (χ1v) is 4.24. The van der Waals surface area contributed by atoms with Crippen molar-refractivity contribution >= 4 is 5.91 Å². The first kappa shape index (κ1) is 29.5. The van der Waals surface area contributed by atoms with Crippen LogP contribution in [0.2, 0.25) is 0 Å². The Kier molecular flexibility index (Phi) is 93.6. The number of hydrogen-bond donors (Lipinski definition) is 1. The fraction of sp³-hybridized carbons (Fsp3) is 0.889. The molecule has 91 valence electrons. The molecule has 15 heavy (non-hydrogen) atoms. The molecule has 0 rings (SSSR count). The van der Waals surface area contributed by atoms with E-state index < -0.39 is 0 Å². The van der Waals surface area contributed by atoms with E-state index in [9.17, 15) is 4.79 Å². The number of nitrogens with zero attached hydrogens (tertiary/aromatic N) is 3. The van der Waals surface area contributed by atoms with E-state index in [0.717, 1.165) is 0 Å². The van der Waals surface area contributed by atoms with E-state index in [-0.39, 0.29) is 31.8 Å². The van der Waals surface area contributed by atoms with Crippen molar-refractivity contribution in [2.24, 2.45) is 5.73 Å². The Balaban J connectivity index is -0.0000000300. The first-order valence-electron chi connectivity index (χ1n) is 4.24. The number of carbonyl (C=O) groups excluding carboxylic acids is 1. The van der Waals surface area contributed by atoms with E-state index >= 15 is 0 Å². The fourth-order valence-electron chi connectivity index (χ4n) is 0. The van der Waals surface area contributed by atoms with Crippen LogP contribution in [0, 0.1) is 0 Å². The van der Waals surface area contributed by atoms with Gasteiger partial charge < -0.3 is 21.7 Å². The summed E-state index contributed by atoms with van der Waals surface area (Å²) in [5.74, 6) is -0.245. The molecule has 0 saturated carbocycles. The van der Waals surface area contributed by atoms with Crippen molar-refractivity contribution < 1.29 is 30.6 Å². The van der Waals surface area contributed by atoms with Crippen molar-refractivity contribution in [1.29, 1.82) is 0 Å². The molecule has 0 aromatic heterocycles. The molecule has 0 spiro atoms. The zero-order chi connectivity index (χ0) is 12.4. The normalized spacial score (nSPS) is 6.07. The molecule has 0 saturated heterocycles. The van der Waals surface area contributed by atoms with Crippen LogP contribution in [-0.2, 0) is 30.6 Å². The van der Waals surface area contributed by atoms with E-state index in [4.69, 9.17) is 0 Å². The molecule has 0 atom stereocenters. The van der Waals surface area contributed by atoms with Gasteiger partial charge in [-0.3, -0.25) is 4.79 Å². The Bertz CT molecular complexity index is 79.8. The van der Waals surface area contributed by atoms with Crippen LogP contribution in [0.4, 0.5) is 0 Å². The van der Waals surface area contributed by atoms with Crippen molar-refractivity contribution in [3.63, 3.8) is 0 Å². The van der Waals surface area contributed by atoms with Crippen molar-refractivity contribution in [3.05, 3.63) is 16.0 Å². The van der Waals surface area contributed by atoms with Gasteiger partial charge in [-0.15, -0.1) is 0 Å². The summed E-state index contributed by atoms with van der Waals surface area (Å²) >= 11 is 0. The summed E-state index contributed by atoms with van der Waals surface area (Å²) in [7, 11) is 10.5. The van der Waals surface area contributed by atoms with Crippen LogP contribution >= 0.6 is 0 Å². The molecule has 0 unspecified atom stereocenters. The topological polar surface area (TPSA) is 85.4 Å². The summed E-state index contributed by atoms with van der Waals surface area (Å²) in [6, 6.07) is 0. The maximum absolute atomic E-state index is 9.59. The molecular weight excluding hydrogens is 359 g/mol. The minimum absolute atomic E-state index is 0. The standard InChI is InChI=1S/C3H7NO.3C2H6N.Hf/c1-2-3(4)5;3*1-3-2;/h2H2,1H3,(H2,4,5);3*1-2H3;/q;3*-1;+3. The van der Waals surface area contributed by atoms with Gasteiger partial charge in [0.15, 0.2) is 0 Å². The maximum Gasteiger partial charge on any atom is 3.00 e. The number of rotatable bonds is 1. The average Bonchev–Trinajstić information content (AvgIpc) is 2.08. The van der Waals surface area contributed by atoms with Gasteiger partial charge in [0.2, 0.25) is 5.91 Å². The van der Waals surface area contributed by atoms with Crippen LogP contribution in [0.1, 0.15) is 13.3 Å². The van der Waals surface area contributed by atoms with Crippen LogP contribution in [0.25, 0.3) is 16.0 Å². The van der Waals surface area contributed by atoms with Gasteiger partial charge in [-0.2, -0.15) is 42.3 Å². The fourth-order valence-corrected chi connectivity index (χ4v) is 0. The van der Waals surface area contributed by atoms with Gasteiger partial charge in [-0.25, -0.2) is 0 Å². The number of carbonyl (C=O) groups is 1. The minimum Gasteiger partial charge on any atom is -0.668 e. The monoisotopic (exact) mass is 385 g/mol. The molecule has 2 N–H and O–H groups in total. The van der Waals surface area contributed by atoms with Gasteiger partial charge in [-0.1, -0.05) is 6.92 Å². The van der Waals surface area contributed by atoms with Gasteiger partial charge in [0.1, 0.15) is 0 Å². The molecular formula is C9H25HfN4O. The summed E-state index contributed by atoms with van der Waals surface area (Å²) in [4.78, 5) is 9.59. The predicted molar refractivity (Wildman–Crippen MR) is 65.1 cm³/mol. The quantitative estimate of drug-likeness (QED) is 0.687. The van der Waals surface area contributed by atoms with E-state index in [1.54, 1.807) is 49.2 Å². The van der Waals surface area contributed by atoms with E-state index in [2.05, 4.69) is 21.7 Å². The SMILES string of the molecule is CCC(N)=O.C[N-]C.C[N-]C.C[N-]C.[Hf+3]. The molecule has 0 aliphatic rings. The van der Waals surface area contributed by atoms with Crippen LogP contribution in [0.15, 0.2) is 0 Å². The van der Waals surface area contributed by atoms with E-state index in [0.29, 0.717) is 6.42 Å². The van der Waals surface area contributed by atoms with E-state index in [1.165, 1.54) is 0 Å². The molecule has 0 fully saturated rings. The second-order valence-corrected chi connectivity index (χ2v) is 2.16. The predicted octanol–water partition coefficient (Wildman–Crippen LogP) is 1.74. The Hall–Kier alpha value is 0.220. The molecule has 0 aromatic carbocycles. The third kappa shape index (κ3) is 431. The Labute approximate surface area is 114 Å². The molecule has 5 nitrogen and oxygen atoms in total. The summed E-state index contributed by atoms with van der Waals surface area (Å²) in [5.41, 5.74) is 4.65. The van der Waals surface area contributed by atoms with Gasteiger partial charge >= 0.3 is 25.8 Å². The van der Waals surface area contributed by atoms with Gasteiger partial charge in [-0.05, 0) is 0 Å². The molecule has 1 radical (unpaired) electrons. The molecule has 0 heterocycles. The molecule has 0 aromatic rings. The summed E-state index contributed by atoms with van der Waals surface area (Å²) in [6.45, 7) is 1.72. The molecule has 0 aliphatic heterocycles. The van der Waals surface area contributed by atoms with Gasteiger partial charge in [0, 0.05) is 6.42 Å². The second kappa shape index (κ2) is 47.7. The van der Waals surface area contributed by atoms with E-state index in [1.807, 2.05) is 0 Å². The Morgan fingerprint density at radius 1 is 0.933 bits per heavy atom. The first-order chi connectivity index (χ1) is 6.51. The van der Waals surface area contributed by atoms with Gasteiger partial charge in [0.05, 0.1) is 0 Å². The van der Waals surface area contributed by atoms with Crippen molar-refractivity contribution in [2.75, 3.05) is 42.3 Å². The molecule has 0 bridgehead atoms. The number of amides is 1. The Morgan fingerprint density at radius 3 is 1.00 bits per heavy atom. The number of nitrogens with two attached hydrogens (primary N) is 1. The maximum atomic E-state index is 9.59. The zero-order valence-corrected chi connectivity index (χ0v) is 14.6. The molecule has 1 amide bonds. The average molecular weight is 384 g/mol. The Morgan fingerprint density at radius 2 is 1.00 bits per heavy atom.